The van der Waals surface area contributed by atoms with Gasteiger partial charge in [0.05, 0.1) is 13.2 Å². The van der Waals surface area contributed by atoms with Gasteiger partial charge >= 0.3 is 23.9 Å². The van der Waals surface area contributed by atoms with Crippen LogP contribution in [0.4, 0.5) is 0 Å². The number of allylic oxidation sites excluding steroid dienone is 15. The Morgan fingerprint density at radius 2 is 1.41 bits per heavy atom. The van der Waals surface area contributed by atoms with Crippen molar-refractivity contribution in [1.82, 2.24) is 10.2 Å². The molecule has 1 aliphatic heterocycles. The van der Waals surface area contributed by atoms with Crippen molar-refractivity contribution in [1.29, 1.82) is 5.41 Å². The molecule has 70 heavy (non-hydrogen) atoms. The van der Waals surface area contributed by atoms with Crippen LogP contribution in [-0.4, -0.2) is 109 Å². The van der Waals surface area contributed by atoms with Crippen molar-refractivity contribution in [2.24, 2.45) is 23.5 Å². The molecule has 1 aliphatic carbocycles. The van der Waals surface area contributed by atoms with Gasteiger partial charge < -0.3 is 49.5 Å². The number of hydrogen-bond donors (Lipinski definition) is 4. The molecule has 2 aliphatic rings. The molecule has 1 saturated heterocycles. The minimum absolute atomic E-state index is 0.0549. The molecule has 5 N–H and O–H groups in total. The molecule has 0 aromatic rings. The number of rotatable bonds is 27. The number of Topliss-reactive ketones (excluding diaryl/α,β-unsaturated/α-hetero) is 1. The second-order valence-electron chi connectivity index (χ2n) is 17.6. The van der Waals surface area contributed by atoms with E-state index in [0.29, 0.717) is 11.5 Å². The van der Waals surface area contributed by atoms with E-state index in [0.717, 1.165) is 78.5 Å². The zero-order valence-corrected chi connectivity index (χ0v) is 42.5. The normalized spacial score (nSPS) is 22.0. The van der Waals surface area contributed by atoms with E-state index in [9.17, 15) is 33.9 Å². The Bertz CT molecular complexity index is 2080. The van der Waals surface area contributed by atoms with Gasteiger partial charge in [-0.25, -0.2) is 4.79 Å². The molecular weight excluding hydrogens is 901 g/mol. The number of ketones is 1. The lowest BCUT2D eigenvalue weighted by Crippen LogP contribution is -2.64. The molecule has 2 rings (SSSR count). The third-order valence-electron chi connectivity index (χ3n) is 11.2. The van der Waals surface area contributed by atoms with Crippen LogP contribution < -0.4 is 11.1 Å². The number of nitrogens with one attached hydrogen (secondary N) is 2. The fourth-order valence-corrected chi connectivity index (χ4v) is 7.50. The Morgan fingerprint density at radius 1 is 0.814 bits per heavy atom. The van der Waals surface area contributed by atoms with Crippen LogP contribution in [0, 0.1) is 23.2 Å². The first-order valence-electron chi connectivity index (χ1n) is 23.7. The van der Waals surface area contributed by atoms with E-state index in [2.05, 4.69) is 49.5 Å². The fourth-order valence-electron chi connectivity index (χ4n) is 7.50. The van der Waals surface area contributed by atoms with Crippen LogP contribution in [0.3, 0.4) is 0 Å². The van der Waals surface area contributed by atoms with Crippen molar-refractivity contribution in [2.75, 3.05) is 20.7 Å². The zero-order valence-electron chi connectivity index (χ0n) is 42.5. The lowest BCUT2D eigenvalue weighted by atomic mass is 9.92. The maximum atomic E-state index is 13.1. The average Bonchev–Trinajstić information content (AvgIpc) is 3.61. The van der Waals surface area contributed by atoms with E-state index in [4.69, 9.17) is 39.6 Å². The van der Waals surface area contributed by atoms with E-state index in [-0.39, 0.29) is 47.9 Å². The SMILES string of the molecule is COC(=O)C1OC(OC(/C(C)=C/C(C)CCC/C=C/C(C)C/C=C/CCCN(C)C(=N)N)C(C)/C=C/C=C/C=C/C=C/C=C(\C)C(=O)NC2=C(O)CCC2=O)C(OC(C)=O)C(OC(C)=O)C1OC(C)=O. The van der Waals surface area contributed by atoms with Crippen molar-refractivity contribution in [3.8, 4) is 0 Å². The van der Waals surface area contributed by atoms with Crippen molar-refractivity contribution in [3.63, 3.8) is 0 Å². The van der Waals surface area contributed by atoms with Crippen LogP contribution in [0.5, 0.6) is 0 Å². The lowest BCUT2D eigenvalue weighted by Gasteiger charge is -2.44. The number of aliphatic hydroxyl groups is 1. The van der Waals surface area contributed by atoms with Gasteiger partial charge in [-0.15, -0.1) is 0 Å². The molecule has 1 fully saturated rings. The molecule has 17 heteroatoms. The number of esters is 4. The summed E-state index contributed by atoms with van der Waals surface area (Å²) in [5, 5.41) is 19.8. The van der Waals surface area contributed by atoms with Gasteiger partial charge in [0.1, 0.15) is 11.5 Å². The van der Waals surface area contributed by atoms with E-state index in [1.807, 2.05) is 39.1 Å². The highest BCUT2D eigenvalue weighted by molar-refractivity contribution is 6.04. The number of aliphatic hydroxyl groups excluding tert-OH is 1. The number of methoxy groups -OCH3 is 1. The summed E-state index contributed by atoms with van der Waals surface area (Å²) in [6.07, 6.45) is 24.3. The van der Waals surface area contributed by atoms with Gasteiger partial charge in [0, 0.05) is 58.7 Å². The summed E-state index contributed by atoms with van der Waals surface area (Å²) in [6, 6.07) is 0. The van der Waals surface area contributed by atoms with Crippen LogP contribution in [-0.2, 0) is 57.2 Å². The third-order valence-corrected chi connectivity index (χ3v) is 11.2. The first kappa shape index (κ1) is 59.8. The second kappa shape index (κ2) is 31.7. The molecular formula is C53H76N4O13. The summed E-state index contributed by atoms with van der Waals surface area (Å²) < 4.78 is 34.4. The van der Waals surface area contributed by atoms with Gasteiger partial charge in [-0.2, -0.15) is 0 Å². The molecule has 1 heterocycles. The lowest BCUT2D eigenvalue weighted by molar-refractivity contribution is -0.309. The predicted molar refractivity (Wildman–Crippen MR) is 266 cm³/mol. The van der Waals surface area contributed by atoms with Gasteiger partial charge in [-0.05, 0) is 69.8 Å². The van der Waals surface area contributed by atoms with Gasteiger partial charge in [0.15, 0.2) is 36.2 Å². The van der Waals surface area contributed by atoms with Gasteiger partial charge in [-0.1, -0.05) is 106 Å². The van der Waals surface area contributed by atoms with E-state index in [1.165, 1.54) is 0 Å². The molecule has 0 radical (unpaired) electrons. The Hall–Kier alpha value is -6.33. The van der Waals surface area contributed by atoms with Crippen molar-refractivity contribution >= 4 is 41.5 Å². The number of carbonyl (C=O) groups excluding carboxylic acids is 6. The van der Waals surface area contributed by atoms with E-state index >= 15 is 0 Å². The summed E-state index contributed by atoms with van der Waals surface area (Å²) in [4.78, 5) is 76.4. The molecule has 0 spiro atoms. The van der Waals surface area contributed by atoms with Crippen LogP contribution in [0.25, 0.3) is 0 Å². The van der Waals surface area contributed by atoms with E-state index < -0.39 is 66.6 Å². The highest BCUT2D eigenvalue weighted by atomic mass is 16.7. The fraction of sp³-hybridized carbons (Fsp3) is 0.528. The Kier molecular flexibility index (Phi) is 27.1. The third kappa shape index (κ3) is 22.0. The standard InChI is InChI=1S/C53H76N4O13/c1-34(25-19-16-17-24-32-57(9)53(54)55)26-20-18-21-27-35(2)33-38(5)45(36(3)28-22-14-12-11-13-15-23-29-37(4)50(63)56-44-42(61)30-31-43(44)62)69-52-49(68-41(8)60)47(67-40(7)59)46(66-39(6)58)48(70-52)51(64)65-10/h11-16,19-20,22-23,26,28-29,33-36,45-49,52,61H,17-18,21,24-25,27,30-32H2,1-10H3,(H3,54,55)(H,56,63)/b13-11+,14-12+,19-16+,23-15+,26-20+,28-22+,37-29+,38-33+. The average molecular weight is 977 g/mol. The molecule has 17 nitrogen and oxygen atoms in total. The predicted octanol–water partition coefficient (Wildman–Crippen LogP) is 7.62. The summed E-state index contributed by atoms with van der Waals surface area (Å²) in [5.41, 5.74) is 6.60. The van der Waals surface area contributed by atoms with Gasteiger partial charge in [-0.3, -0.25) is 29.4 Å². The van der Waals surface area contributed by atoms with Crippen LogP contribution in [0.2, 0.25) is 0 Å². The largest absolute Gasteiger partial charge is 0.510 e. The van der Waals surface area contributed by atoms with Crippen molar-refractivity contribution < 1.29 is 62.3 Å². The molecule has 1 amide bonds. The Morgan fingerprint density at radius 3 is 2.01 bits per heavy atom. The van der Waals surface area contributed by atoms with Gasteiger partial charge in [0.25, 0.3) is 5.91 Å². The Balaban J connectivity index is 2.30. The minimum atomic E-state index is -1.61. The number of unbranched alkanes of at least 4 members (excludes halogenated alkanes) is 2. The first-order chi connectivity index (χ1) is 33.2. The molecule has 9 atom stereocenters. The number of ether oxygens (including phenoxy) is 6. The quantitative estimate of drug-likeness (QED) is 0.00904. The summed E-state index contributed by atoms with van der Waals surface area (Å²) in [5.74, 6) is -4.00. The van der Waals surface area contributed by atoms with Crippen molar-refractivity contribution in [3.05, 3.63) is 108 Å². The number of nitrogens with two attached hydrogens (primary N) is 1. The first-order valence-corrected chi connectivity index (χ1v) is 23.7. The summed E-state index contributed by atoms with van der Waals surface area (Å²) in [6.45, 7) is 13.8. The number of amides is 1. The van der Waals surface area contributed by atoms with Crippen LogP contribution >= 0.6 is 0 Å². The zero-order chi connectivity index (χ0) is 52.3. The molecule has 386 valence electrons. The second-order valence-corrected chi connectivity index (χ2v) is 17.6. The molecule has 0 saturated carbocycles. The Labute approximate surface area is 413 Å². The van der Waals surface area contributed by atoms with Crippen LogP contribution in [0.1, 0.15) is 107 Å². The van der Waals surface area contributed by atoms with E-state index in [1.54, 1.807) is 48.3 Å². The maximum Gasteiger partial charge on any atom is 0.339 e. The topological polar surface area (TPSA) is 243 Å². The molecule has 0 aromatic heterocycles. The highest BCUT2D eigenvalue weighted by Gasteiger charge is 2.56. The minimum Gasteiger partial charge on any atom is -0.510 e. The molecule has 0 bridgehead atoms. The number of guanidine groups is 1. The molecule has 9 unspecified atom stereocenters. The monoisotopic (exact) mass is 977 g/mol. The van der Waals surface area contributed by atoms with Crippen LogP contribution in [0.15, 0.2) is 108 Å². The highest BCUT2D eigenvalue weighted by Crippen LogP contribution is 2.33. The summed E-state index contributed by atoms with van der Waals surface area (Å²) in [7, 11) is 2.93. The number of nitrogens with zero attached hydrogens (tertiary/aromatic N) is 1. The number of carbonyl (C=O) groups is 6. The number of hydrogen-bond acceptors (Lipinski definition) is 14. The maximum absolute atomic E-state index is 13.1. The molecule has 0 aromatic carbocycles. The summed E-state index contributed by atoms with van der Waals surface area (Å²) >= 11 is 0. The van der Waals surface area contributed by atoms with Crippen molar-refractivity contribution in [2.45, 2.75) is 144 Å². The smallest absolute Gasteiger partial charge is 0.339 e. The van der Waals surface area contributed by atoms with Gasteiger partial charge in [0.2, 0.25) is 6.29 Å².